The van der Waals surface area contributed by atoms with Crippen LogP contribution in [0, 0.1) is 66.0 Å². The Bertz CT molecular complexity index is 1870. The van der Waals surface area contributed by atoms with E-state index in [9.17, 15) is 0 Å². The third-order valence-electron chi connectivity index (χ3n) is 8.59. The zero-order valence-electron chi connectivity index (χ0n) is 27.9. The lowest BCUT2D eigenvalue weighted by Gasteiger charge is -2.29. The van der Waals surface area contributed by atoms with E-state index in [0.29, 0.717) is 11.2 Å². The molecule has 6 rings (SSSR count). The third kappa shape index (κ3) is 6.19. The summed E-state index contributed by atoms with van der Waals surface area (Å²) in [6.07, 6.45) is 1.11. The van der Waals surface area contributed by atoms with Crippen molar-refractivity contribution in [2.45, 2.75) is 86.9 Å². The normalized spacial score (nSPS) is 19.5. The van der Waals surface area contributed by atoms with Gasteiger partial charge in [0.15, 0.2) is 24.1 Å². The molecule has 0 radical (unpaired) electrons. The highest BCUT2D eigenvalue weighted by Crippen LogP contribution is 2.40. The van der Waals surface area contributed by atoms with Gasteiger partial charge in [-0.2, -0.15) is 0 Å². The zero-order valence-corrected chi connectivity index (χ0v) is 30.1. The Labute approximate surface area is 284 Å². The summed E-state index contributed by atoms with van der Waals surface area (Å²) in [6, 6.07) is 12.9. The molecule has 0 spiro atoms. The summed E-state index contributed by atoms with van der Waals surface area (Å²) in [6.45, 7) is 19.0. The van der Waals surface area contributed by atoms with E-state index in [2.05, 4.69) is 136 Å². The van der Waals surface area contributed by atoms with Crippen molar-refractivity contribution >= 4 is 33.8 Å². The number of aryl methyl sites for hydroxylation is 9. The van der Waals surface area contributed by atoms with Crippen LogP contribution in [0.15, 0.2) is 49.1 Å². The molecule has 1 aliphatic rings. The topological polar surface area (TPSA) is 80.5 Å². The number of rotatable bonds is 8. The lowest BCUT2D eigenvalue weighted by atomic mass is 10.0. The maximum atomic E-state index is 7.04. The largest absolute Gasteiger partial charge is 0.490 e. The number of imidazole rings is 1. The summed E-state index contributed by atoms with van der Waals surface area (Å²) >= 11 is 2.19. The van der Waals surface area contributed by atoms with E-state index >= 15 is 0 Å². The number of aromatic nitrogens is 4. The zero-order chi connectivity index (χ0) is 32.9. The second-order valence-corrected chi connectivity index (χ2v) is 13.7. The lowest BCUT2D eigenvalue weighted by Crippen LogP contribution is -2.43. The number of halogens is 1. The Morgan fingerprint density at radius 3 is 1.65 bits per heavy atom. The molecule has 0 saturated carbocycles. The van der Waals surface area contributed by atoms with Crippen molar-refractivity contribution in [1.82, 2.24) is 19.5 Å². The van der Waals surface area contributed by atoms with Crippen molar-refractivity contribution in [3.05, 3.63) is 103 Å². The predicted molar refractivity (Wildman–Crippen MR) is 188 cm³/mol. The fourth-order valence-corrected chi connectivity index (χ4v) is 7.39. The first-order valence-electron chi connectivity index (χ1n) is 15.6. The van der Waals surface area contributed by atoms with Crippen LogP contribution in [0.1, 0.15) is 56.3 Å². The van der Waals surface area contributed by atoms with Crippen molar-refractivity contribution in [2.24, 2.45) is 0 Å². The van der Waals surface area contributed by atoms with Gasteiger partial charge < -0.3 is 18.9 Å². The van der Waals surface area contributed by atoms with E-state index in [1.807, 2.05) is 4.57 Å². The Balaban J connectivity index is 1.48. The van der Waals surface area contributed by atoms with Gasteiger partial charge in [0.1, 0.15) is 45.5 Å². The maximum Gasteiger partial charge on any atom is 0.183 e. The Kier molecular flexibility index (Phi) is 9.00. The van der Waals surface area contributed by atoms with Crippen molar-refractivity contribution in [3.8, 4) is 17.2 Å². The second-order valence-electron chi connectivity index (χ2n) is 12.7. The van der Waals surface area contributed by atoms with Crippen molar-refractivity contribution in [2.75, 3.05) is 6.61 Å². The molecular formula is C37H41IN4O4. The molecule has 0 N–H and O–H groups in total. The molecule has 1 aliphatic heterocycles. The molecule has 4 atom stereocenters. The first-order valence-corrected chi connectivity index (χ1v) is 16.7. The number of benzene rings is 3. The SMILES string of the molecule is Cc1cc(C)c(OC[C@H]2O[C@@H](n3cnc4c(I)ncnc43)[C@H](Oc3c(C)cc(C)cc3C)[C@@H]2Oc2c(C)cc(C)cc2C)c(C)c1. The van der Waals surface area contributed by atoms with Gasteiger partial charge in [0.05, 0.1) is 6.33 Å². The van der Waals surface area contributed by atoms with Crippen LogP contribution in [0.5, 0.6) is 17.2 Å². The average Bonchev–Trinajstić information content (AvgIpc) is 3.54. The van der Waals surface area contributed by atoms with Crippen LogP contribution in [0.25, 0.3) is 11.2 Å². The summed E-state index contributed by atoms with van der Waals surface area (Å²) in [5.74, 6) is 2.50. The van der Waals surface area contributed by atoms with Gasteiger partial charge in [-0.1, -0.05) is 53.1 Å². The molecule has 0 amide bonds. The van der Waals surface area contributed by atoms with Crippen LogP contribution in [-0.2, 0) is 4.74 Å². The van der Waals surface area contributed by atoms with Crippen LogP contribution in [0.4, 0.5) is 0 Å². The van der Waals surface area contributed by atoms with Gasteiger partial charge in [0.25, 0.3) is 0 Å². The molecule has 0 unspecified atom stereocenters. The van der Waals surface area contributed by atoms with Gasteiger partial charge in [0, 0.05) is 0 Å². The maximum absolute atomic E-state index is 7.04. The molecule has 5 aromatic rings. The number of hydrogen-bond acceptors (Lipinski definition) is 7. The molecule has 0 aliphatic carbocycles. The van der Waals surface area contributed by atoms with Gasteiger partial charge in [-0.15, -0.1) is 0 Å². The summed E-state index contributed by atoms with van der Waals surface area (Å²) in [5.41, 5.74) is 11.3. The Morgan fingerprint density at radius 2 is 1.13 bits per heavy atom. The first kappa shape index (κ1) is 32.2. The molecule has 46 heavy (non-hydrogen) atoms. The van der Waals surface area contributed by atoms with E-state index in [-0.39, 0.29) is 6.61 Å². The van der Waals surface area contributed by atoms with Crippen LogP contribution < -0.4 is 14.2 Å². The van der Waals surface area contributed by atoms with E-state index < -0.39 is 24.5 Å². The third-order valence-corrected chi connectivity index (χ3v) is 9.38. The van der Waals surface area contributed by atoms with Crippen LogP contribution in [0.3, 0.4) is 0 Å². The van der Waals surface area contributed by atoms with Crippen LogP contribution in [-0.4, -0.2) is 44.4 Å². The molecule has 0 bridgehead atoms. The van der Waals surface area contributed by atoms with Gasteiger partial charge >= 0.3 is 0 Å². The molecule has 8 nitrogen and oxygen atoms in total. The average molecular weight is 733 g/mol. The minimum absolute atomic E-state index is 0.265. The Morgan fingerprint density at radius 1 is 0.652 bits per heavy atom. The number of fused-ring (bicyclic) bond motifs is 1. The van der Waals surface area contributed by atoms with Crippen molar-refractivity contribution in [1.29, 1.82) is 0 Å². The predicted octanol–water partition coefficient (Wildman–Crippen LogP) is 8.08. The molecule has 1 saturated heterocycles. The monoisotopic (exact) mass is 732 g/mol. The summed E-state index contributed by atoms with van der Waals surface area (Å²) in [7, 11) is 0. The van der Waals surface area contributed by atoms with Gasteiger partial charge in [-0.3, -0.25) is 4.57 Å². The second kappa shape index (κ2) is 12.8. The molecule has 240 valence electrons. The Hall–Kier alpha value is -3.70. The molecular weight excluding hydrogens is 691 g/mol. The number of ether oxygens (including phenoxy) is 4. The molecule has 2 aromatic heterocycles. The summed E-state index contributed by atoms with van der Waals surface area (Å²) < 4.78 is 30.3. The van der Waals surface area contributed by atoms with Crippen LogP contribution in [0.2, 0.25) is 0 Å². The van der Waals surface area contributed by atoms with Gasteiger partial charge in [-0.05, 0) is 118 Å². The van der Waals surface area contributed by atoms with Gasteiger partial charge in [-0.25, -0.2) is 15.0 Å². The quantitative estimate of drug-likeness (QED) is 0.118. The first-order chi connectivity index (χ1) is 21.9. The van der Waals surface area contributed by atoms with Gasteiger partial charge in [0.2, 0.25) is 0 Å². The van der Waals surface area contributed by atoms with E-state index in [0.717, 1.165) is 54.3 Å². The molecule has 1 fully saturated rings. The highest BCUT2D eigenvalue weighted by Gasteiger charge is 2.51. The minimum atomic E-state index is -0.610. The fraction of sp³-hybridized carbons (Fsp3) is 0.378. The number of nitrogens with zero attached hydrogens (tertiary/aromatic N) is 4. The molecule has 3 aromatic carbocycles. The molecule has 9 heteroatoms. The van der Waals surface area contributed by atoms with Crippen molar-refractivity contribution in [3.63, 3.8) is 0 Å². The van der Waals surface area contributed by atoms with Crippen LogP contribution >= 0.6 is 22.6 Å². The standard InChI is InChI=1S/C37H41IN4O4/c1-19-10-22(4)30(23(5)11-19)43-16-28-33(45-31-24(6)12-20(2)13-25(31)7)34(46-32-26(8)14-21(3)15-27(32)9)37(44-28)42-18-41-29-35(38)39-17-40-36(29)42/h10-15,17-18,28,33-34,37H,16H2,1-9H3/t28-,33-,34-,37-/m1/s1. The summed E-state index contributed by atoms with van der Waals surface area (Å²) in [5, 5.41) is 0. The van der Waals surface area contributed by atoms with E-state index in [1.54, 1.807) is 12.7 Å². The van der Waals surface area contributed by atoms with E-state index in [1.165, 1.54) is 16.7 Å². The molecule has 3 heterocycles. The minimum Gasteiger partial charge on any atom is -0.490 e. The van der Waals surface area contributed by atoms with E-state index in [4.69, 9.17) is 18.9 Å². The summed E-state index contributed by atoms with van der Waals surface area (Å²) in [4.78, 5) is 13.6. The highest BCUT2D eigenvalue weighted by molar-refractivity contribution is 14.1. The highest BCUT2D eigenvalue weighted by atomic mass is 127. The lowest BCUT2D eigenvalue weighted by molar-refractivity contribution is -0.0437. The number of hydrogen-bond donors (Lipinski definition) is 0. The van der Waals surface area contributed by atoms with Crippen molar-refractivity contribution < 1.29 is 18.9 Å². The fourth-order valence-electron chi connectivity index (χ4n) is 6.88. The smallest absolute Gasteiger partial charge is 0.183 e.